The van der Waals surface area contributed by atoms with Gasteiger partial charge in [-0.3, -0.25) is 0 Å². The molecule has 2 rings (SSSR count). The maximum atomic E-state index is 13.5. The Balaban J connectivity index is 2.13. The van der Waals surface area contributed by atoms with Crippen LogP contribution in [0, 0.1) is 26.6 Å². The summed E-state index contributed by atoms with van der Waals surface area (Å²) < 4.78 is 13.5. The van der Waals surface area contributed by atoms with Gasteiger partial charge in [-0.05, 0) is 49.6 Å². The summed E-state index contributed by atoms with van der Waals surface area (Å²) in [4.78, 5) is 0. The van der Waals surface area contributed by atoms with Gasteiger partial charge in [-0.15, -0.1) is 0 Å². The Labute approximate surface area is 119 Å². The van der Waals surface area contributed by atoms with Crippen molar-refractivity contribution < 1.29 is 9.50 Å². The molecule has 1 atom stereocenters. The number of benzene rings is 2. The first-order valence-corrected chi connectivity index (χ1v) is 6.73. The molecule has 0 fully saturated rings. The van der Waals surface area contributed by atoms with Crippen LogP contribution >= 0.6 is 0 Å². The van der Waals surface area contributed by atoms with Crippen LogP contribution in [0.3, 0.4) is 0 Å². The predicted octanol–water partition coefficient (Wildman–Crippen LogP) is 3.90. The van der Waals surface area contributed by atoms with Gasteiger partial charge in [0.15, 0.2) is 0 Å². The quantitative estimate of drug-likeness (QED) is 0.885. The molecule has 0 spiro atoms. The summed E-state index contributed by atoms with van der Waals surface area (Å²) in [5.41, 5.74) is 4.63. The van der Waals surface area contributed by atoms with Crippen LogP contribution in [-0.4, -0.2) is 11.7 Å². The lowest BCUT2D eigenvalue weighted by atomic mass is 9.95. The highest BCUT2D eigenvalue weighted by atomic mass is 19.1. The molecular weight excluding hydrogens is 253 g/mol. The van der Waals surface area contributed by atoms with Gasteiger partial charge in [-0.1, -0.05) is 29.8 Å². The summed E-state index contributed by atoms with van der Waals surface area (Å²) in [6, 6.07) is 10.6. The molecule has 2 aromatic rings. The number of aryl methyl sites for hydroxylation is 3. The first-order chi connectivity index (χ1) is 9.49. The van der Waals surface area contributed by atoms with Crippen LogP contribution in [-0.2, 0) is 0 Å². The third-order valence-electron chi connectivity index (χ3n) is 3.43. The maximum absolute atomic E-state index is 13.5. The van der Waals surface area contributed by atoms with Gasteiger partial charge in [0.05, 0.1) is 11.8 Å². The van der Waals surface area contributed by atoms with E-state index in [9.17, 15) is 9.50 Å². The van der Waals surface area contributed by atoms with E-state index in [4.69, 9.17) is 0 Å². The smallest absolute Gasteiger partial charge is 0.146 e. The van der Waals surface area contributed by atoms with Crippen LogP contribution in [0.1, 0.15) is 28.4 Å². The third kappa shape index (κ3) is 3.17. The zero-order valence-electron chi connectivity index (χ0n) is 12.1. The zero-order valence-corrected chi connectivity index (χ0v) is 12.1. The monoisotopic (exact) mass is 273 g/mol. The molecule has 0 saturated carbocycles. The number of nitrogens with one attached hydrogen (secondary N) is 1. The lowest BCUT2D eigenvalue weighted by molar-refractivity contribution is 0.190. The van der Waals surface area contributed by atoms with E-state index in [1.54, 1.807) is 18.2 Å². The lowest BCUT2D eigenvalue weighted by Crippen LogP contribution is -2.15. The summed E-state index contributed by atoms with van der Waals surface area (Å²) in [6.45, 7) is 6.29. The van der Waals surface area contributed by atoms with Gasteiger partial charge in [0.25, 0.3) is 0 Å². The Morgan fingerprint density at radius 2 is 1.70 bits per heavy atom. The van der Waals surface area contributed by atoms with Crippen molar-refractivity contribution in [3.8, 4) is 0 Å². The summed E-state index contributed by atoms with van der Waals surface area (Å²) in [6.07, 6.45) is -0.657. The molecule has 0 aliphatic rings. The number of aliphatic hydroxyl groups excluding tert-OH is 1. The van der Waals surface area contributed by atoms with Gasteiger partial charge in [0.1, 0.15) is 5.82 Å². The molecule has 20 heavy (non-hydrogen) atoms. The highest BCUT2D eigenvalue weighted by Gasteiger charge is 2.14. The first-order valence-electron chi connectivity index (χ1n) is 6.73. The fourth-order valence-electron chi connectivity index (χ4n) is 2.63. The number of halogens is 1. The second-order valence-electron chi connectivity index (χ2n) is 5.19. The summed E-state index contributed by atoms with van der Waals surface area (Å²) >= 11 is 0. The van der Waals surface area contributed by atoms with Gasteiger partial charge in [-0.2, -0.15) is 0 Å². The number of anilines is 1. The Morgan fingerprint density at radius 3 is 2.30 bits per heavy atom. The van der Waals surface area contributed by atoms with E-state index in [2.05, 4.69) is 17.4 Å². The van der Waals surface area contributed by atoms with Crippen molar-refractivity contribution in [3.63, 3.8) is 0 Å². The van der Waals surface area contributed by atoms with E-state index in [0.717, 1.165) is 16.7 Å². The molecule has 0 aromatic heterocycles. The Morgan fingerprint density at radius 1 is 1.10 bits per heavy atom. The summed E-state index contributed by atoms with van der Waals surface area (Å²) in [7, 11) is 0. The van der Waals surface area contributed by atoms with Crippen LogP contribution in [0.4, 0.5) is 10.1 Å². The van der Waals surface area contributed by atoms with Crippen molar-refractivity contribution in [3.05, 3.63) is 64.5 Å². The lowest BCUT2D eigenvalue weighted by Gasteiger charge is -2.18. The molecular formula is C17H20FNO. The van der Waals surface area contributed by atoms with E-state index >= 15 is 0 Å². The van der Waals surface area contributed by atoms with Crippen molar-refractivity contribution in [2.24, 2.45) is 0 Å². The van der Waals surface area contributed by atoms with E-state index in [1.807, 2.05) is 20.8 Å². The highest BCUT2D eigenvalue weighted by Crippen LogP contribution is 2.24. The standard InChI is InChI=1S/C17H20FNO/c1-11-8-12(2)17(13(3)9-11)16(20)10-19-15-7-5-4-6-14(15)18/h4-9,16,19-20H,10H2,1-3H3. The van der Waals surface area contributed by atoms with Crippen molar-refractivity contribution in [2.75, 3.05) is 11.9 Å². The van der Waals surface area contributed by atoms with Crippen molar-refractivity contribution in [1.29, 1.82) is 0 Å². The molecule has 2 nitrogen and oxygen atoms in total. The molecule has 0 bridgehead atoms. The molecule has 106 valence electrons. The average molecular weight is 273 g/mol. The van der Waals surface area contributed by atoms with E-state index in [-0.39, 0.29) is 12.4 Å². The number of aliphatic hydroxyl groups is 1. The third-order valence-corrected chi connectivity index (χ3v) is 3.43. The van der Waals surface area contributed by atoms with Crippen LogP contribution in [0.2, 0.25) is 0 Å². The Hall–Kier alpha value is -1.87. The van der Waals surface area contributed by atoms with Gasteiger partial charge in [0.2, 0.25) is 0 Å². The van der Waals surface area contributed by atoms with Crippen molar-refractivity contribution >= 4 is 5.69 Å². The number of para-hydroxylation sites is 1. The Bertz CT molecular complexity index is 587. The van der Waals surface area contributed by atoms with Crippen molar-refractivity contribution in [1.82, 2.24) is 0 Å². The molecule has 0 radical (unpaired) electrons. The molecule has 2 aromatic carbocycles. The topological polar surface area (TPSA) is 32.3 Å². The average Bonchev–Trinajstić information content (AvgIpc) is 2.36. The minimum Gasteiger partial charge on any atom is -0.387 e. The van der Waals surface area contributed by atoms with Crippen molar-refractivity contribution in [2.45, 2.75) is 26.9 Å². The largest absolute Gasteiger partial charge is 0.387 e. The second kappa shape index (κ2) is 6.06. The van der Waals surface area contributed by atoms with Crippen LogP contribution < -0.4 is 5.32 Å². The van der Waals surface area contributed by atoms with E-state index in [1.165, 1.54) is 11.6 Å². The minimum absolute atomic E-state index is 0.283. The summed E-state index contributed by atoms with van der Waals surface area (Å²) in [5.74, 6) is -0.308. The fourth-order valence-corrected chi connectivity index (χ4v) is 2.63. The molecule has 0 aliphatic heterocycles. The highest BCUT2D eigenvalue weighted by molar-refractivity contribution is 5.45. The van der Waals surface area contributed by atoms with Crippen LogP contribution in [0.25, 0.3) is 0 Å². The predicted molar refractivity (Wildman–Crippen MR) is 80.5 cm³/mol. The number of hydrogen-bond donors (Lipinski definition) is 2. The second-order valence-corrected chi connectivity index (χ2v) is 5.19. The molecule has 1 unspecified atom stereocenters. The van der Waals surface area contributed by atoms with Gasteiger partial charge in [0, 0.05) is 6.54 Å². The summed E-state index contributed by atoms with van der Waals surface area (Å²) in [5, 5.41) is 13.3. The zero-order chi connectivity index (χ0) is 14.7. The number of rotatable bonds is 4. The molecule has 0 saturated heterocycles. The maximum Gasteiger partial charge on any atom is 0.146 e. The molecule has 0 heterocycles. The van der Waals surface area contributed by atoms with Gasteiger partial charge >= 0.3 is 0 Å². The SMILES string of the molecule is Cc1cc(C)c(C(O)CNc2ccccc2F)c(C)c1. The Kier molecular flexibility index (Phi) is 4.40. The van der Waals surface area contributed by atoms with Gasteiger partial charge in [-0.25, -0.2) is 4.39 Å². The minimum atomic E-state index is -0.657. The molecule has 0 amide bonds. The van der Waals surface area contributed by atoms with E-state index < -0.39 is 6.10 Å². The van der Waals surface area contributed by atoms with Crippen LogP contribution in [0.15, 0.2) is 36.4 Å². The van der Waals surface area contributed by atoms with Gasteiger partial charge < -0.3 is 10.4 Å². The van der Waals surface area contributed by atoms with Crippen LogP contribution in [0.5, 0.6) is 0 Å². The first kappa shape index (κ1) is 14.5. The molecule has 2 N–H and O–H groups in total. The molecule has 0 aliphatic carbocycles. The fraction of sp³-hybridized carbons (Fsp3) is 0.294. The molecule has 3 heteroatoms. The number of hydrogen-bond acceptors (Lipinski definition) is 2. The van der Waals surface area contributed by atoms with E-state index in [0.29, 0.717) is 5.69 Å². The normalized spacial score (nSPS) is 12.2.